The number of nitrogens with zero attached hydrogens (tertiary/aromatic N) is 4. The fraction of sp³-hybridized carbons (Fsp3) is 0.571. The molecule has 2 aromatic heterocycles. The van der Waals surface area contributed by atoms with Gasteiger partial charge in [-0.1, -0.05) is 5.16 Å². The third-order valence-electron chi connectivity index (χ3n) is 3.81. The summed E-state index contributed by atoms with van der Waals surface area (Å²) in [6.45, 7) is 6.02. The molecule has 2 aromatic rings. The number of aryl methyl sites for hydroxylation is 3. The number of thiazole rings is 1. The molecule has 1 aliphatic heterocycles. The second kappa shape index (κ2) is 6.25. The van der Waals surface area contributed by atoms with Gasteiger partial charge in [-0.05, 0) is 20.8 Å². The molecule has 2 amide bonds. The summed E-state index contributed by atoms with van der Waals surface area (Å²) >= 11 is 1.46. The molecule has 0 bridgehead atoms. The average molecular weight is 337 g/mol. The van der Waals surface area contributed by atoms with Gasteiger partial charge >= 0.3 is 6.03 Å². The van der Waals surface area contributed by atoms with Crippen molar-refractivity contribution in [2.75, 3.05) is 19.0 Å². The van der Waals surface area contributed by atoms with E-state index in [0.29, 0.717) is 24.7 Å². The molecule has 9 heteroatoms. The van der Waals surface area contributed by atoms with Crippen molar-refractivity contribution in [1.82, 2.24) is 20.0 Å². The third-order valence-corrected chi connectivity index (χ3v) is 4.80. The number of aromatic nitrogens is 3. The smallest absolute Gasteiger partial charge is 0.323 e. The first-order valence-corrected chi connectivity index (χ1v) is 8.14. The molecule has 3 heterocycles. The number of carbonyl (C=O) groups excluding carboxylic acids is 1. The Morgan fingerprint density at radius 1 is 1.39 bits per heavy atom. The van der Waals surface area contributed by atoms with E-state index in [1.807, 2.05) is 13.8 Å². The Morgan fingerprint density at radius 2 is 2.17 bits per heavy atom. The average Bonchev–Trinajstić information content (AvgIpc) is 3.18. The number of ether oxygens (including phenoxy) is 1. The SMILES string of the molecule is CO[C@H]1C[C@H](c2nc(C)no2)N(C(=O)Nc2sc(C)nc2C)C1. The zero-order valence-corrected chi connectivity index (χ0v) is 14.3. The highest BCUT2D eigenvalue weighted by Crippen LogP contribution is 2.33. The van der Waals surface area contributed by atoms with Gasteiger partial charge in [0, 0.05) is 20.1 Å². The van der Waals surface area contributed by atoms with Gasteiger partial charge in [-0.2, -0.15) is 4.98 Å². The first-order valence-electron chi connectivity index (χ1n) is 7.32. The molecule has 2 atom stereocenters. The normalized spacial score (nSPS) is 21.0. The fourth-order valence-corrected chi connectivity index (χ4v) is 3.50. The molecule has 0 saturated carbocycles. The molecule has 0 aromatic carbocycles. The highest BCUT2D eigenvalue weighted by molar-refractivity contribution is 7.16. The molecule has 0 aliphatic carbocycles. The minimum absolute atomic E-state index is 0.0535. The second-order valence-electron chi connectivity index (χ2n) is 5.52. The number of hydrogen-bond donors (Lipinski definition) is 1. The van der Waals surface area contributed by atoms with Crippen molar-refractivity contribution in [3.8, 4) is 0 Å². The van der Waals surface area contributed by atoms with Gasteiger partial charge in [0.1, 0.15) is 11.0 Å². The summed E-state index contributed by atoms with van der Waals surface area (Å²) in [5.74, 6) is 0.990. The van der Waals surface area contributed by atoms with Gasteiger partial charge in [0.15, 0.2) is 5.82 Å². The maximum absolute atomic E-state index is 12.7. The van der Waals surface area contributed by atoms with Crippen LogP contribution in [0.4, 0.5) is 9.80 Å². The largest absolute Gasteiger partial charge is 0.380 e. The summed E-state index contributed by atoms with van der Waals surface area (Å²) in [6, 6.07) is -0.493. The third kappa shape index (κ3) is 3.20. The molecular formula is C14H19N5O3S. The summed E-state index contributed by atoms with van der Waals surface area (Å²) in [7, 11) is 1.64. The zero-order valence-electron chi connectivity index (χ0n) is 13.5. The molecule has 23 heavy (non-hydrogen) atoms. The molecule has 1 aliphatic rings. The molecule has 0 spiro atoms. The van der Waals surface area contributed by atoms with Crippen LogP contribution in [-0.2, 0) is 4.74 Å². The predicted molar refractivity (Wildman–Crippen MR) is 84.5 cm³/mol. The van der Waals surface area contributed by atoms with Crippen molar-refractivity contribution in [3.63, 3.8) is 0 Å². The lowest BCUT2D eigenvalue weighted by Crippen LogP contribution is -2.35. The zero-order chi connectivity index (χ0) is 16.6. The summed E-state index contributed by atoms with van der Waals surface area (Å²) < 4.78 is 10.7. The molecule has 1 saturated heterocycles. The number of hydrogen-bond acceptors (Lipinski definition) is 7. The molecule has 8 nitrogen and oxygen atoms in total. The van der Waals surface area contributed by atoms with Gasteiger partial charge in [0.25, 0.3) is 0 Å². The predicted octanol–water partition coefficient (Wildman–Crippen LogP) is 2.45. The minimum atomic E-state index is -0.282. The Bertz CT molecular complexity index is 713. The number of anilines is 1. The van der Waals surface area contributed by atoms with E-state index in [1.54, 1.807) is 18.9 Å². The van der Waals surface area contributed by atoms with Crippen LogP contribution in [0.25, 0.3) is 0 Å². The highest BCUT2D eigenvalue weighted by atomic mass is 32.1. The summed E-state index contributed by atoms with van der Waals surface area (Å²) in [5.41, 5.74) is 0.813. The fourth-order valence-electron chi connectivity index (χ4n) is 2.69. The van der Waals surface area contributed by atoms with Crippen molar-refractivity contribution in [1.29, 1.82) is 0 Å². The molecular weight excluding hydrogens is 318 g/mol. The molecule has 1 fully saturated rings. The van der Waals surface area contributed by atoms with Crippen LogP contribution in [0.15, 0.2) is 4.52 Å². The summed E-state index contributed by atoms with van der Waals surface area (Å²) in [4.78, 5) is 22.9. The number of urea groups is 1. The number of likely N-dealkylation sites (tertiary alicyclic amines) is 1. The van der Waals surface area contributed by atoms with E-state index in [0.717, 1.165) is 15.7 Å². The molecule has 3 rings (SSSR count). The van der Waals surface area contributed by atoms with Gasteiger partial charge in [-0.3, -0.25) is 5.32 Å². The maximum atomic E-state index is 12.7. The van der Waals surface area contributed by atoms with E-state index >= 15 is 0 Å². The minimum Gasteiger partial charge on any atom is -0.380 e. The van der Waals surface area contributed by atoms with E-state index in [-0.39, 0.29) is 18.2 Å². The Morgan fingerprint density at radius 3 is 2.74 bits per heavy atom. The van der Waals surface area contributed by atoms with E-state index in [2.05, 4.69) is 20.4 Å². The van der Waals surface area contributed by atoms with E-state index in [4.69, 9.17) is 9.26 Å². The van der Waals surface area contributed by atoms with E-state index < -0.39 is 0 Å². The van der Waals surface area contributed by atoms with Crippen molar-refractivity contribution in [3.05, 3.63) is 22.4 Å². The number of amides is 2. The van der Waals surface area contributed by atoms with Gasteiger partial charge < -0.3 is 14.2 Å². The topological polar surface area (TPSA) is 93.4 Å². The van der Waals surface area contributed by atoms with Gasteiger partial charge in [-0.25, -0.2) is 9.78 Å². The number of methoxy groups -OCH3 is 1. The highest BCUT2D eigenvalue weighted by Gasteiger charge is 2.39. The Kier molecular flexibility index (Phi) is 4.31. The maximum Gasteiger partial charge on any atom is 0.323 e. The molecule has 0 radical (unpaired) electrons. The van der Waals surface area contributed by atoms with Crippen LogP contribution in [-0.4, -0.2) is 45.8 Å². The lowest BCUT2D eigenvalue weighted by Gasteiger charge is -2.21. The van der Waals surface area contributed by atoms with E-state index in [9.17, 15) is 4.79 Å². The summed E-state index contributed by atoms with van der Waals surface area (Å²) in [5, 5.41) is 8.41. The number of rotatable bonds is 3. The van der Waals surface area contributed by atoms with Crippen LogP contribution < -0.4 is 5.32 Å². The molecule has 0 unspecified atom stereocenters. The van der Waals surface area contributed by atoms with Crippen LogP contribution in [0.3, 0.4) is 0 Å². The molecule has 1 N–H and O–H groups in total. The van der Waals surface area contributed by atoms with Gasteiger partial charge in [-0.15, -0.1) is 11.3 Å². The standard InChI is InChI=1S/C14H19N5O3S/c1-7-13(23-9(3)15-7)17-14(20)19-6-10(21-4)5-11(19)12-16-8(2)18-22-12/h10-11H,5-6H2,1-4H3,(H,17,20)/t10-,11+/m0/s1. The van der Waals surface area contributed by atoms with Crippen molar-refractivity contribution < 1.29 is 14.1 Å². The quantitative estimate of drug-likeness (QED) is 0.924. The van der Waals surface area contributed by atoms with Crippen molar-refractivity contribution >= 4 is 22.4 Å². The first-order chi connectivity index (χ1) is 11.0. The number of carbonyl (C=O) groups is 1. The number of nitrogens with one attached hydrogen (secondary N) is 1. The van der Waals surface area contributed by atoms with Crippen LogP contribution >= 0.6 is 11.3 Å². The van der Waals surface area contributed by atoms with Gasteiger partial charge in [0.2, 0.25) is 5.89 Å². The van der Waals surface area contributed by atoms with Crippen LogP contribution in [0, 0.1) is 20.8 Å². The lowest BCUT2D eigenvalue weighted by atomic mass is 10.2. The van der Waals surface area contributed by atoms with Crippen LogP contribution in [0.1, 0.15) is 34.9 Å². The van der Waals surface area contributed by atoms with Gasteiger partial charge in [0.05, 0.1) is 16.8 Å². The van der Waals surface area contributed by atoms with Crippen LogP contribution in [0.2, 0.25) is 0 Å². The Balaban J connectivity index is 1.80. The lowest BCUT2D eigenvalue weighted by molar-refractivity contribution is 0.111. The molecule has 124 valence electrons. The monoisotopic (exact) mass is 337 g/mol. The van der Waals surface area contributed by atoms with Crippen molar-refractivity contribution in [2.24, 2.45) is 0 Å². The van der Waals surface area contributed by atoms with E-state index in [1.165, 1.54) is 11.3 Å². The second-order valence-corrected chi connectivity index (χ2v) is 6.72. The van der Waals surface area contributed by atoms with Crippen molar-refractivity contribution in [2.45, 2.75) is 39.3 Å². The first kappa shape index (κ1) is 15.9. The Labute approximate surface area is 137 Å². The Hall–Kier alpha value is -2.00. The summed E-state index contributed by atoms with van der Waals surface area (Å²) in [6.07, 6.45) is 0.578. The van der Waals surface area contributed by atoms with Crippen LogP contribution in [0.5, 0.6) is 0 Å².